The maximum atomic E-state index is 12.8. The summed E-state index contributed by atoms with van der Waals surface area (Å²) < 4.78 is 38.5. The number of hydrogen-bond acceptors (Lipinski definition) is 3. The summed E-state index contributed by atoms with van der Waals surface area (Å²) in [6.45, 7) is 0.375. The van der Waals surface area contributed by atoms with E-state index in [0.717, 1.165) is 38.2 Å². The predicted octanol–water partition coefficient (Wildman–Crippen LogP) is 2.42. The molecule has 6 heteroatoms. The molecule has 0 atom stereocenters. The Hall–Kier alpha value is -1.04. The summed E-state index contributed by atoms with van der Waals surface area (Å²) in [4.78, 5) is 3.58. The first-order valence-electron chi connectivity index (χ1n) is 6.66. The molecule has 1 saturated carbocycles. The maximum absolute atomic E-state index is 12.8. The van der Waals surface area contributed by atoms with Crippen molar-refractivity contribution in [3.05, 3.63) is 11.8 Å². The van der Waals surface area contributed by atoms with Gasteiger partial charge < -0.3 is 10.4 Å². The average Bonchev–Trinajstić information content (AvgIpc) is 2.65. The Morgan fingerprint density at radius 3 is 2.53 bits per heavy atom. The Morgan fingerprint density at radius 1 is 1.26 bits per heavy atom. The first-order valence-corrected chi connectivity index (χ1v) is 6.66. The molecule has 0 aromatic heterocycles. The van der Waals surface area contributed by atoms with Gasteiger partial charge in [-0.1, -0.05) is 19.3 Å². The molecule has 0 radical (unpaired) electrons. The number of aliphatic imine (C=N–C) groups is 1. The van der Waals surface area contributed by atoms with Crippen LogP contribution in [0.3, 0.4) is 0 Å². The van der Waals surface area contributed by atoms with Crippen LogP contribution in [-0.4, -0.2) is 36.7 Å². The van der Waals surface area contributed by atoms with E-state index in [1.165, 1.54) is 0 Å². The molecule has 0 spiro atoms. The molecule has 0 bridgehead atoms. The Bertz CT molecular complexity index is 382. The van der Waals surface area contributed by atoms with Gasteiger partial charge in [-0.3, -0.25) is 4.99 Å². The van der Waals surface area contributed by atoms with Gasteiger partial charge in [-0.15, -0.1) is 0 Å². The van der Waals surface area contributed by atoms with Gasteiger partial charge in [-0.2, -0.15) is 13.2 Å². The minimum Gasteiger partial charge on any atom is -0.395 e. The highest BCUT2D eigenvalue weighted by molar-refractivity contribution is 6.00. The van der Waals surface area contributed by atoms with E-state index in [-0.39, 0.29) is 13.2 Å². The number of halogens is 3. The molecule has 0 aromatic carbocycles. The van der Waals surface area contributed by atoms with Crippen molar-refractivity contribution >= 4 is 5.71 Å². The highest BCUT2D eigenvalue weighted by Crippen LogP contribution is 2.41. The summed E-state index contributed by atoms with van der Waals surface area (Å²) in [6, 6.07) is 0. The molecule has 2 aliphatic rings. The van der Waals surface area contributed by atoms with E-state index in [0.29, 0.717) is 12.2 Å². The zero-order valence-corrected chi connectivity index (χ0v) is 10.8. The van der Waals surface area contributed by atoms with E-state index < -0.39 is 17.3 Å². The first kappa shape index (κ1) is 14.4. The minimum atomic E-state index is -4.43. The van der Waals surface area contributed by atoms with Crippen LogP contribution in [0, 0.1) is 5.41 Å². The highest BCUT2D eigenvalue weighted by Gasteiger charge is 2.40. The summed E-state index contributed by atoms with van der Waals surface area (Å²) in [5.74, 6) is 0. The molecule has 1 aliphatic heterocycles. The summed E-state index contributed by atoms with van der Waals surface area (Å²) in [7, 11) is 0. The summed E-state index contributed by atoms with van der Waals surface area (Å²) >= 11 is 0. The lowest BCUT2D eigenvalue weighted by molar-refractivity contribution is -0.0579. The third kappa shape index (κ3) is 3.11. The van der Waals surface area contributed by atoms with Crippen LogP contribution < -0.4 is 5.32 Å². The quantitative estimate of drug-likeness (QED) is 0.813. The van der Waals surface area contributed by atoms with Crippen LogP contribution in [0.25, 0.3) is 0 Å². The Morgan fingerprint density at radius 2 is 1.95 bits per heavy atom. The number of nitrogens with one attached hydrogen (secondary N) is 1. The van der Waals surface area contributed by atoms with Crippen molar-refractivity contribution < 1.29 is 18.3 Å². The molecule has 1 fully saturated rings. The van der Waals surface area contributed by atoms with E-state index in [4.69, 9.17) is 0 Å². The monoisotopic (exact) mass is 276 g/mol. The van der Waals surface area contributed by atoms with Gasteiger partial charge in [0, 0.05) is 17.7 Å². The van der Waals surface area contributed by atoms with Gasteiger partial charge >= 0.3 is 6.18 Å². The number of hydrogen-bond donors (Lipinski definition) is 2. The average molecular weight is 276 g/mol. The topological polar surface area (TPSA) is 44.6 Å². The van der Waals surface area contributed by atoms with Gasteiger partial charge in [0.15, 0.2) is 0 Å². The van der Waals surface area contributed by atoms with Gasteiger partial charge in [0.2, 0.25) is 0 Å². The number of allylic oxidation sites excluding steroid dienone is 1. The van der Waals surface area contributed by atoms with Crippen molar-refractivity contribution in [1.29, 1.82) is 0 Å². The molecular weight excluding hydrogens is 257 g/mol. The molecule has 0 saturated heterocycles. The molecule has 1 aliphatic carbocycles. The fourth-order valence-corrected chi connectivity index (χ4v) is 2.85. The zero-order valence-electron chi connectivity index (χ0n) is 10.8. The molecular formula is C13H19F3N2O. The van der Waals surface area contributed by atoms with Crippen molar-refractivity contribution in [3.8, 4) is 0 Å². The van der Waals surface area contributed by atoms with Crippen LogP contribution in [0.5, 0.6) is 0 Å². The van der Waals surface area contributed by atoms with Crippen LogP contribution in [0.15, 0.2) is 16.8 Å². The standard InChI is InChI=1S/C13H19F3N2O/c14-13(15,16)11-8-10(17-6-7-18-11)12(9-19)4-2-1-3-5-12/h8,17,19H,1-7,9H2. The lowest BCUT2D eigenvalue weighted by Gasteiger charge is -2.38. The molecule has 0 unspecified atom stereocenters. The summed E-state index contributed by atoms with van der Waals surface area (Å²) in [6.07, 6.45) is 1.09. The van der Waals surface area contributed by atoms with E-state index in [2.05, 4.69) is 10.3 Å². The second kappa shape index (κ2) is 5.53. The Labute approximate surface area is 110 Å². The normalized spacial score (nSPS) is 24.0. The fraction of sp³-hybridized carbons (Fsp3) is 0.769. The van der Waals surface area contributed by atoms with Gasteiger partial charge in [0.05, 0.1) is 13.2 Å². The first-order chi connectivity index (χ1) is 8.98. The minimum absolute atomic E-state index is 0.107. The lowest BCUT2D eigenvalue weighted by atomic mass is 9.72. The third-order valence-corrected chi connectivity index (χ3v) is 3.97. The van der Waals surface area contributed by atoms with Crippen LogP contribution in [0.2, 0.25) is 0 Å². The van der Waals surface area contributed by atoms with Crippen molar-refractivity contribution in [2.75, 3.05) is 19.7 Å². The SMILES string of the molecule is OCC1(C2=CC(C(F)(F)F)=NCCN2)CCCCC1. The van der Waals surface area contributed by atoms with E-state index in [1.807, 2.05) is 0 Å². The molecule has 0 amide bonds. The Balaban J connectivity index is 2.31. The van der Waals surface area contributed by atoms with Crippen LogP contribution in [-0.2, 0) is 0 Å². The molecule has 19 heavy (non-hydrogen) atoms. The predicted molar refractivity (Wildman–Crippen MR) is 67.0 cm³/mol. The smallest absolute Gasteiger partial charge is 0.395 e. The van der Waals surface area contributed by atoms with Crippen molar-refractivity contribution in [2.45, 2.75) is 38.3 Å². The van der Waals surface area contributed by atoms with Gasteiger partial charge in [0.25, 0.3) is 0 Å². The zero-order chi connectivity index (χ0) is 13.9. The van der Waals surface area contributed by atoms with Crippen molar-refractivity contribution in [2.24, 2.45) is 10.4 Å². The second-order valence-electron chi connectivity index (χ2n) is 5.25. The van der Waals surface area contributed by atoms with Gasteiger partial charge in [-0.25, -0.2) is 0 Å². The summed E-state index contributed by atoms with van der Waals surface area (Å²) in [5, 5.41) is 12.7. The fourth-order valence-electron chi connectivity index (χ4n) is 2.85. The van der Waals surface area contributed by atoms with Gasteiger partial charge in [0.1, 0.15) is 5.71 Å². The Kier molecular flexibility index (Phi) is 4.18. The number of aliphatic hydroxyl groups is 1. The van der Waals surface area contributed by atoms with Crippen LogP contribution in [0.4, 0.5) is 13.2 Å². The van der Waals surface area contributed by atoms with E-state index >= 15 is 0 Å². The van der Waals surface area contributed by atoms with E-state index in [1.54, 1.807) is 0 Å². The largest absolute Gasteiger partial charge is 0.432 e. The van der Waals surface area contributed by atoms with Gasteiger partial charge in [-0.05, 0) is 18.9 Å². The van der Waals surface area contributed by atoms with Crippen LogP contribution >= 0.6 is 0 Å². The lowest BCUT2D eigenvalue weighted by Crippen LogP contribution is -2.38. The second-order valence-corrected chi connectivity index (χ2v) is 5.25. The molecule has 1 heterocycles. The molecule has 108 valence electrons. The highest BCUT2D eigenvalue weighted by atomic mass is 19.4. The molecule has 3 nitrogen and oxygen atoms in total. The number of nitrogens with zero attached hydrogens (tertiary/aromatic N) is 1. The van der Waals surface area contributed by atoms with Crippen molar-refractivity contribution in [3.63, 3.8) is 0 Å². The number of rotatable bonds is 2. The molecule has 2 rings (SSSR count). The van der Waals surface area contributed by atoms with Crippen molar-refractivity contribution in [1.82, 2.24) is 5.32 Å². The number of aliphatic hydroxyl groups excluding tert-OH is 1. The molecule has 0 aromatic rings. The van der Waals surface area contributed by atoms with Crippen LogP contribution in [0.1, 0.15) is 32.1 Å². The summed E-state index contributed by atoms with van der Waals surface area (Å²) in [5.41, 5.74) is -0.886. The number of alkyl halides is 3. The molecule has 2 N–H and O–H groups in total. The maximum Gasteiger partial charge on any atom is 0.432 e. The van der Waals surface area contributed by atoms with E-state index in [9.17, 15) is 18.3 Å². The third-order valence-electron chi connectivity index (χ3n) is 3.97.